The molecule has 4 heteroatoms. The molecular weight excluding hydrogens is 218 g/mol. The summed E-state index contributed by atoms with van der Waals surface area (Å²) in [7, 11) is 3.27. The van der Waals surface area contributed by atoms with Gasteiger partial charge in [0.25, 0.3) is 0 Å². The Balaban J connectivity index is 1.98. The maximum atomic E-state index is 5.75. The van der Waals surface area contributed by atoms with Crippen molar-refractivity contribution >= 4 is 0 Å². The summed E-state index contributed by atoms with van der Waals surface area (Å²) in [6, 6.07) is 6.04. The highest BCUT2D eigenvalue weighted by molar-refractivity contribution is 5.42. The number of nitrogens with one attached hydrogen (secondary N) is 1. The fraction of sp³-hybridized carbons (Fsp3) is 0.538. The van der Waals surface area contributed by atoms with Gasteiger partial charge in [0, 0.05) is 24.2 Å². The largest absolute Gasteiger partial charge is 0.496 e. The van der Waals surface area contributed by atoms with Crippen molar-refractivity contribution in [2.45, 2.75) is 18.9 Å². The minimum atomic E-state index is 0.465. The number of ether oxygens (including phenoxy) is 3. The average Bonchev–Trinajstić information content (AvgIpc) is 2.89. The zero-order valence-corrected chi connectivity index (χ0v) is 10.4. The van der Waals surface area contributed by atoms with E-state index in [9.17, 15) is 0 Å². The fourth-order valence-corrected chi connectivity index (χ4v) is 1.96. The molecule has 94 valence electrons. The number of benzene rings is 1. The predicted molar refractivity (Wildman–Crippen MR) is 66.1 cm³/mol. The van der Waals surface area contributed by atoms with Gasteiger partial charge in [-0.25, -0.2) is 0 Å². The molecule has 4 nitrogen and oxygen atoms in total. The van der Waals surface area contributed by atoms with Crippen molar-refractivity contribution < 1.29 is 14.2 Å². The molecule has 0 radical (unpaired) electrons. The van der Waals surface area contributed by atoms with Crippen LogP contribution >= 0.6 is 0 Å². The van der Waals surface area contributed by atoms with Crippen molar-refractivity contribution in [3.05, 3.63) is 18.2 Å². The van der Waals surface area contributed by atoms with E-state index in [1.165, 1.54) is 12.8 Å². The molecule has 1 aromatic carbocycles. The van der Waals surface area contributed by atoms with Crippen LogP contribution < -0.4 is 19.5 Å². The number of rotatable bonds is 5. The highest BCUT2D eigenvalue weighted by Gasteiger charge is 2.14. The minimum Gasteiger partial charge on any atom is -0.496 e. The van der Waals surface area contributed by atoms with Crippen LogP contribution in [0.25, 0.3) is 0 Å². The molecule has 0 aliphatic carbocycles. The van der Waals surface area contributed by atoms with Crippen LogP contribution in [0.3, 0.4) is 0 Å². The third kappa shape index (κ3) is 3.27. The van der Waals surface area contributed by atoms with E-state index in [1.54, 1.807) is 14.2 Å². The van der Waals surface area contributed by atoms with Crippen LogP contribution in [-0.4, -0.2) is 33.4 Å². The summed E-state index contributed by atoms with van der Waals surface area (Å²) in [6.45, 7) is 1.78. The van der Waals surface area contributed by atoms with E-state index >= 15 is 0 Å². The SMILES string of the molecule is COc1cc(OC)cc(OCC2CCCN2)c1. The molecule has 17 heavy (non-hydrogen) atoms. The van der Waals surface area contributed by atoms with Gasteiger partial charge in [0.05, 0.1) is 14.2 Å². The zero-order valence-electron chi connectivity index (χ0n) is 10.4. The Kier molecular flexibility index (Phi) is 4.09. The normalized spacial score (nSPS) is 19.1. The van der Waals surface area contributed by atoms with Crippen LogP contribution in [0.15, 0.2) is 18.2 Å². The lowest BCUT2D eigenvalue weighted by atomic mass is 10.2. The van der Waals surface area contributed by atoms with Gasteiger partial charge in [0.1, 0.15) is 23.9 Å². The van der Waals surface area contributed by atoms with Gasteiger partial charge >= 0.3 is 0 Å². The van der Waals surface area contributed by atoms with Crippen LogP contribution in [0.1, 0.15) is 12.8 Å². The van der Waals surface area contributed by atoms with E-state index in [4.69, 9.17) is 14.2 Å². The van der Waals surface area contributed by atoms with Gasteiger partial charge in [-0.2, -0.15) is 0 Å². The summed E-state index contributed by atoms with van der Waals surface area (Å²) in [5.41, 5.74) is 0. The quantitative estimate of drug-likeness (QED) is 0.848. The van der Waals surface area contributed by atoms with Gasteiger partial charge in [-0.1, -0.05) is 0 Å². The number of hydrogen-bond donors (Lipinski definition) is 1. The predicted octanol–water partition coefficient (Wildman–Crippen LogP) is 1.83. The van der Waals surface area contributed by atoms with Gasteiger partial charge < -0.3 is 19.5 Å². The first kappa shape index (κ1) is 12.0. The van der Waals surface area contributed by atoms with Gasteiger partial charge in [-0.3, -0.25) is 0 Å². The topological polar surface area (TPSA) is 39.7 Å². The molecule has 1 heterocycles. The molecule has 1 saturated heterocycles. The first-order chi connectivity index (χ1) is 8.31. The van der Waals surface area contributed by atoms with Crippen molar-refractivity contribution in [3.8, 4) is 17.2 Å². The minimum absolute atomic E-state index is 0.465. The Labute approximate surface area is 102 Å². The van der Waals surface area contributed by atoms with E-state index in [-0.39, 0.29) is 0 Å². The van der Waals surface area contributed by atoms with Crippen molar-refractivity contribution in [1.82, 2.24) is 5.32 Å². The van der Waals surface area contributed by atoms with Gasteiger partial charge in [-0.15, -0.1) is 0 Å². The molecule has 0 saturated carbocycles. The lowest BCUT2D eigenvalue weighted by Crippen LogP contribution is -2.28. The molecule has 2 rings (SSSR count). The van der Waals surface area contributed by atoms with Gasteiger partial charge in [0.2, 0.25) is 0 Å². The van der Waals surface area contributed by atoms with Crippen LogP contribution in [0.5, 0.6) is 17.2 Å². The maximum Gasteiger partial charge on any atom is 0.126 e. The third-order valence-corrected chi connectivity index (χ3v) is 2.94. The third-order valence-electron chi connectivity index (χ3n) is 2.94. The zero-order chi connectivity index (χ0) is 12.1. The molecule has 1 aromatic rings. The fourth-order valence-electron chi connectivity index (χ4n) is 1.96. The number of hydrogen-bond acceptors (Lipinski definition) is 4. The second-order valence-electron chi connectivity index (χ2n) is 4.15. The molecule has 1 atom stereocenters. The Morgan fingerprint density at radius 1 is 1.12 bits per heavy atom. The summed E-state index contributed by atoms with van der Waals surface area (Å²) < 4.78 is 16.1. The molecule has 0 amide bonds. The molecule has 1 aliphatic heterocycles. The molecule has 1 unspecified atom stereocenters. The van der Waals surface area contributed by atoms with Crippen LogP contribution in [0.2, 0.25) is 0 Å². The highest BCUT2D eigenvalue weighted by Crippen LogP contribution is 2.27. The van der Waals surface area contributed by atoms with Crippen LogP contribution in [0.4, 0.5) is 0 Å². The summed E-state index contributed by atoms with van der Waals surface area (Å²) in [6.07, 6.45) is 2.41. The molecule has 0 bridgehead atoms. The summed E-state index contributed by atoms with van der Waals surface area (Å²) in [5.74, 6) is 2.28. The first-order valence-corrected chi connectivity index (χ1v) is 5.91. The second-order valence-corrected chi connectivity index (χ2v) is 4.15. The number of methoxy groups -OCH3 is 2. The van der Waals surface area contributed by atoms with Crippen LogP contribution in [0, 0.1) is 0 Å². The smallest absolute Gasteiger partial charge is 0.126 e. The van der Waals surface area contributed by atoms with E-state index in [0.717, 1.165) is 23.8 Å². The second kappa shape index (κ2) is 5.77. The lowest BCUT2D eigenvalue weighted by Gasteiger charge is -2.13. The Hall–Kier alpha value is -1.42. The van der Waals surface area contributed by atoms with E-state index < -0.39 is 0 Å². The molecule has 0 aromatic heterocycles. The van der Waals surface area contributed by atoms with E-state index in [2.05, 4.69) is 5.32 Å². The molecule has 0 spiro atoms. The monoisotopic (exact) mass is 237 g/mol. The van der Waals surface area contributed by atoms with Crippen molar-refractivity contribution in [2.24, 2.45) is 0 Å². The molecule has 1 N–H and O–H groups in total. The average molecular weight is 237 g/mol. The van der Waals surface area contributed by atoms with Crippen molar-refractivity contribution in [2.75, 3.05) is 27.4 Å². The van der Waals surface area contributed by atoms with Gasteiger partial charge in [0.15, 0.2) is 0 Å². The van der Waals surface area contributed by atoms with E-state index in [0.29, 0.717) is 12.6 Å². The summed E-state index contributed by atoms with van der Waals surface area (Å²) in [5, 5.41) is 3.40. The summed E-state index contributed by atoms with van der Waals surface area (Å²) >= 11 is 0. The van der Waals surface area contributed by atoms with Crippen molar-refractivity contribution in [1.29, 1.82) is 0 Å². The highest BCUT2D eigenvalue weighted by atomic mass is 16.5. The van der Waals surface area contributed by atoms with E-state index in [1.807, 2.05) is 18.2 Å². The Morgan fingerprint density at radius 2 is 1.76 bits per heavy atom. The lowest BCUT2D eigenvalue weighted by molar-refractivity contribution is 0.274. The Morgan fingerprint density at radius 3 is 2.29 bits per heavy atom. The standard InChI is InChI=1S/C13H19NO3/c1-15-11-6-12(16-2)8-13(7-11)17-9-10-4-3-5-14-10/h6-8,10,14H,3-5,9H2,1-2H3. The molecule has 1 aliphatic rings. The first-order valence-electron chi connectivity index (χ1n) is 5.91. The van der Waals surface area contributed by atoms with Crippen LogP contribution in [-0.2, 0) is 0 Å². The maximum absolute atomic E-state index is 5.75. The molecule has 1 fully saturated rings. The molecular formula is C13H19NO3. The van der Waals surface area contributed by atoms with Gasteiger partial charge in [-0.05, 0) is 19.4 Å². The summed E-state index contributed by atoms with van der Waals surface area (Å²) in [4.78, 5) is 0. The van der Waals surface area contributed by atoms with Crippen molar-refractivity contribution in [3.63, 3.8) is 0 Å². The Bertz CT molecular complexity index is 339.